The molecule has 3 heteroatoms. The van der Waals surface area contributed by atoms with Gasteiger partial charge in [0, 0.05) is 25.0 Å². The lowest BCUT2D eigenvalue weighted by Gasteiger charge is -2.32. The first-order valence-corrected chi connectivity index (χ1v) is 5.61. The van der Waals surface area contributed by atoms with Crippen LogP contribution in [0.25, 0.3) is 0 Å². The number of thiocarbonyl (C=S) groups is 1. The third kappa shape index (κ3) is 1.86. The molecule has 1 aliphatic heterocycles. The lowest BCUT2D eigenvalue weighted by atomic mass is 10.1. The van der Waals surface area contributed by atoms with Crippen LogP contribution in [0, 0.1) is 5.92 Å². The smallest absolute Gasteiger partial charge is 0.0742 e. The largest absolute Gasteiger partial charge is 0.393 e. The molecular weight excluding hydrogens is 180 g/mol. The molecule has 0 amide bonds. The second-order valence-corrected chi connectivity index (χ2v) is 5.07. The van der Waals surface area contributed by atoms with Crippen molar-refractivity contribution < 1.29 is 0 Å². The molecule has 1 heterocycles. The second kappa shape index (κ2) is 3.54. The van der Waals surface area contributed by atoms with Gasteiger partial charge in [-0.1, -0.05) is 12.2 Å². The van der Waals surface area contributed by atoms with Gasteiger partial charge in [-0.25, -0.2) is 0 Å². The minimum absolute atomic E-state index is 0.563. The molecule has 3 unspecified atom stereocenters. The van der Waals surface area contributed by atoms with E-state index < -0.39 is 0 Å². The van der Waals surface area contributed by atoms with Crippen LogP contribution in [-0.4, -0.2) is 28.5 Å². The summed E-state index contributed by atoms with van der Waals surface area (Å²) in [6, 6.07) is 1.40. The summed E-state index contributed by atoms with van der Waals surface area (Å²) < 4.78 is 0. The van der Waals surface area contributed by atoms with Crippen LogP contribution < -0.4 is 5.73 Å². The molecular formula is C10H18N2S. The number of nitrogens with zero attached hydrogens (tertiary/aromatic N) is 1. The summed E-state index contributed by atoms with van der Waals surface area (Å²) in [6.07, 6.45) is 5.15. The van der Waals surface area contributed by atoms with E-state index in [9.17, 15) is 0 Å². The third-order valence-corrected chi connectivity index (χ3v) is 3.68. The van der Waals surface area contributed by atoms with Gasteiger partial charge in [-0.15, -0.1) is 0 Å². The van der Waals surface area contributed by atoms with Gasteiger partial charge in [0.15, 0.2) is 0 Å². The van der Waals surface area contributed by atoms with Gasteiger partial charge >= 0.3 is 0 Å². The molecule has 2 aliphatic rings. The number of hydrogen-bond acceptors (Lipinski definition) is 2. The molecule has 2 rings (SSSR count). The van der Waals surface area contributed by atoms with E-state index in [4.69, 9.17) is 18.0 Å². The molecule has 74 valence electrons. The molecule has 2 bridgehead atoms. The van der Waals surface area contributed by atoms with Crippen molar-refractivity contribution in [3.8, 4) is 0 Å². The molecule has 0 aromatic heterocycles. The van der Waals surface area contributed by atoms with Crippen LogP contribution in [0.3, 0.4) is 0 Å². The van der Waals surface area contributed by atoms with Crippen molar-refractivity contribution in [1.29, 1.82) is 0 Å². The minimum Gasteiger partial charge on any atom is -0.393 e. The highest BCUT2D eigenvalue weighted by atomic mass is 32.1. The Morgan fingerprint density at radius 2 is 2.38 bits per heavy atom. The maximum Gasteiger partial charge on any atom is 0.0742 e. The number of nitrogens with two attached hydrogens (primary N) is 1. The van der Waals surface area contributed by atoms with E-state index in [0.29, 0.717) is 11.0 Å². The van der Waals surface area contributed by atoms with Crippen molar-refractivity contribution in [1.82, 2.24) is 4.90 Å². The Morgan fingerprint density at radius 3 is 2.85 bits per heavy atom. The maximum absolute atomic E-state index is 5.56. The van der Waals surface area contributed by atoms with Gasteiger partial charge in [0.1, 0.15) is 0 Å². The van der Waals surface area contributed by atoms with Crippen molar-refractivity contribution in [2.24, 2.45) is 11.7 Å². The maximum atomic E-state index is 5.56. The number of hydrogen-bond donors (Lipinski definition) is 1. The number of likely N-dealkylation sites (tertiary alicyclic amines) is 1. The summed E-state index contributed by atoms with van der Waals surface area (Å²) in [4.78, 5) is 3.27. The van der Waals surface area contributed by atoms with Crippen LogP contribution in [0.2, 0.25) is 0 Å². The molecule has 1 saturated heterocycles. The predicted octanol–water partition coefficient (Wildman–Crippen LogP) is 1.54. The van der Waals surface area contributed by atoms with Crippen LogP contribution in [0.4, 0.5) is 0 Å². The summed E-state index contributed by atoms with van der Waals surface area (Å²) >= 11 is 4.94. The Kier molecular flexibility index (Phi) is 2.56. The first-order chi connectivity index (χ1) is 6.16. The van der Waals surface area contributed by atoms with Crippen molar-refractivity contribution in [2.75, 3.05) is 6.54 Å². The average Bonchev–Trinajstić information content (AvgIpc) is 2.62. The summed E-state index contributed by atoms with van der Waals surface area (Å²) in [5, 5.41) is 0. The van der Waals surface area contributed by atoms with Gasteiger partial charge in [0.25, 0.3) is 0 Å². The fraction of sp³-hybridized carbons (Fsp3) is 0.900. The molecule has 1 aliphatic carbocycles. The average molecular weight is 198 g/mol. The Labute approximate surface area is 85.5 Å². The van der Waals surface area contributed by atoms with Crippen LogP contribution in [0.15, 0.2) is 0 Å². The van der Waals surface area contributed by atoms with Crippen LogP contribution >= 0.6 is 12.2 Å². The van der Waals surface area contributed by atoms with Gasteiger partial charge in [-0.2, -0.15) is 0 Å². The molecule has 0 spiro atoms. The van der Waals surface area contributed by atoms with Crippen LogP contribution in [-0.2, 0) is 0 Å². The predicted molar refractivity (Wildman–Crippen MR) is 58.7 cm³/mol. The van der Waals surface area contributed by atoms with Crippen molar-refractivity contribution >= 4 is 17.2 Å². The topological polar surface area (TPSA) is 29.3 Å². The first-order valence-electron chi connectivity index (χ1n) is 5.21. The van der Waals surface area contributed by atoms with E-state index >= 15 is 0 Å². The SMILES string of the molecule is CC(CC(N)=S)N1CC2CCC1C2. The molecule has 0 aromatic carbocycles. The molecule has 2 N–H and O–H groups in total. The van der Waals surface area contributed by atoms with Crippen LogP contribution in [0.1, 0.15) is 32.6 Å². The van der Waals surface area contributed by atoms with Gasteiger partial charge in [-0.05, 0) is 32.1 Å². The first kappa shape index (κ1) is 9.41. The molecule has 2 fully saturated rings. The quantitative estimate of drug-likeness (QED) is 0.697. The Bertz CT molecular complexity index is 217. The third-order valence-electron chi connectivity index (χ3n) is 3.51. The molecule has 0 radical (unpaired) electrons. The lowest BCUT2D eigenvalue weighted by Crippen LogP contribution is -2.41. The van der Waals surface area contributed by atoms with E-state index in [1.54, 1.807) is 0 Å². The van der Waals surface area contributed by atoms with Crippen molar-refractivity contribution in [3.05, 3.63) is 0 Å². The molecule has 1 saturated carbocycles. The van der Waals surface area contributed by atoms with E-state index in [2.05, 4.69) is 11.8 Å². The van der Waals surface area contributed by atoms with Gasteiger partial charge in [0.2, 0.25) is 0 Å². The highest BCUT2D eigenvalue weighted by molar-refractivity contribution is 7.80. The number of piperidine rings is 1. The summed E-state index contributed by atoms with van der Waals surface area (Å²) in [6.45, 7) is 3.54. The summed E-state index contributed by atoms with van der Waals surface area (Å²) in [5.41, 5.74) is 5.56. The summed E-state index contributed by atoms with van der Waals surface area (Å²) in [5.74, 6) is 0.971. The Hall–Kier alpha value is -0.150. The molecule has 0 aromatic rings. The minimum atomic E-state index is 0.563. The Balaban J connectivity index is 1.91. The molecule has 3 atom stereocenters. The normalized spacial score (nSPS) is 35.2. The van der Waals surface area contributed by atoms with E-state index in [1.807, 2.05) is 0 Å². The zero-order valence-corrected chi connectivity index (χ0v) is 9.02. The molecule has 13 heavy (non-hydrogen) atoms. The van der Waals surface area contributed by atoms with Crippen molar-refractivity contribution in [3.63, 3.8) is 0 Å². The van der Waals surface area contributed by atoms with Crippen LogP contribution in [0.5, 0.6) is 0 Å². The van der Waals surface area contributed by atoms with E-state index in [-0.39, 0.29) is 0 Å². The Morgan fingerprint density at radius 1 is 1.62 bits per heavy atom. The highest BCUT2D eigenvalue weighted by Gasteiger charge is 2.39. The fourth-order valence-electron chi connectivity index (χ4n) is 2.91. The van der Waals surface area contributed by atoms with Gasteiger partial charge in [0.05, 0.1) is 4.99 Å². The monoisotopic (exact) mass is 198 g/mol. The molecule has 2 nitrogen and oxygen atoms in total. The highest BCUT2D eigenvalue weighted by Crippen LogP contribution is 2.38. The van der Waals surface area contributed by atoms with E-state index in [1.165, 1.54) is 25.8 Å². The number of rotatable bonds is 3. The second-order valence-electron chi connectivity index (χ2n) is 4.55. The lowest BCUT2D eigenvalue weighted by molar-refractivity contribution is 0.163. The zero-order valence-electron chi connectivity index (χ0n) is 8.20. The van der Waals surface area contributed by atoms with Crippen molar-refractivity contribution in [2.45, 2.75) is 44.7 Å². The summed E-state index contributed by atoms with van der Waals surface area (Å²) in [7, 11) is 0. The van der Waals surface area contributed by atoms with E-state index in [0.717, 1.165) is 18.4 Å². The zero-order chi connectivity index (χ0) is 9.42. The van der Waals surface area contributed by atoms with Gasteiger partial charge < -0.3 is 5.73 Å². The fourth-order valence-corrected chi connectivity index (χ4v) is 3.15. The van der Waals surface area contributed by atoms with Gasteiger partial charge in [-0.3, -0.25) is 4.90 Å². The standard InChI is InChI=1S/C10H18N2S/c1-7(4-10(11)13)12-6-8-2-3-9(12)5-8/h7-9H,2-6H2,1H3,(H2,11,13). The number of fused-ring (bicyclic) bond motifs is 2.